The number of carboxylic acid groups (broad SMARTS) is 1. The van der Waals surface area contributed by atoms with Crippen LogP contribution in [0.1, 0.15) is 24.8 Å². The first kappa shape index (κ1) is 12.4. The van der Waals surface area contributed by atoms with E-state index in [1.807, 2.05) is 30.3 Å². The minimum Gasteiger partial charge on any atom is -0.480 e. The molecule has 1 fully saturated rings. The Morgan fingerprint density at radius 2 is 1.89 bits per heavy atom. The number of amides is 2. The van der Waals surface area contributed by atoms with E-state index in [9.17, 15) is 9.59 Å². The molecular weight excluding hydrogens is 232 g/mol. The zero-order valence-electron chi connectivity index (χ0n) is 9.98. The van der Waals surface area contributed by atoms with Gasteiger partial charge in [-0.1, -0.05) is 30.3 Å². The summed E-state index contributed by atoms with van der Waals surface area (Å²) < 4.78 is 0. The summed E-state index contributed by atoms with van der Waals surface area (Å²) in [4.78, 5) is 22.7. The van der Waals surface area contributed by atoms with Gasteiger partial charge in [-0.05, 0) is 24.8 Å². The predicted molar refractivity (Wildman–Crippen MR) is 66.0 cm³/mol. The molecule has 5 heteroatoms. The molecule has 0 heterocycles. The van der Waals surface area contributed by atoms with Gasteiger partial charge in [0.15, 0.2) is 0 Å². The lowest BCUT2D eigenvalue weighted by Crippen LogP contribution is -2.61. The van der Waals surface area contributed by atoms with Gasteiger partial charge in [0.25, 0.3) is 0 Å². The highest BCUT2D eigenvalue weighted by Crippen LogP contribution is 2.31. The van der Waals surface area contributed by atoms with Crippen LogP contribution in [0.5, 0.6) is 0 Å². The summed E-state index contributed by atoms with van der Waals surface area (Å²) in [5, 5.41) is 14.3. The molecule has 0 bridgehead atoms. The van der Waals surface area contributed by atoms with Gasteiger partial charge >= 0.3 is 12.0 Å². The van der Waals surface area contributed by atoms with Crippen LogP contribution < -0.4 is 10.6 Å². The van der Waals surface area contributed by atoms with Gasteiger partial charge in [0.1, 0.15) is 5.54 Å². The maximum atomic E-state index is 11.6. The summed E-state index contributed by atoms with van der Waals surface area (Å²) in [5.41, 5.74) is -0.0774. The molecule has 0 radical (unpaired) electrons. The Bertz CT molecular complexity index is 441. The maximum Gasteiger partial charge on any atom is 0.329 e. The Kier molecular flexibility index (Phi) is 3.50. The minimum absolute atomic E-state index is 0.391. The average Bonchev–Trinajstić information content (AvgIpc) is 2.32. The van der Waals surface area contributed by atoms with Crippen LogP contribution in [0.2, 0.25) is 0 Å². The normalized spacial score (nSPS) is 16.4. The molecule has 2 rings (SSSR count). The number of carbonyl (C=O) groups is 2. The van der Waals surface area contributed by atoms with Crippen molar-refractivity contribution in [3.8, 4) is 0 Å². The Labute approximate surface area is 105 Å². The summed E-state index contributed by atoms with van der Waals surface area (Å²) in [6.45, 7) is 0.391. The van der Waals surface area contributed by atoms with E-state index in [0.29, 0.717) is 19.4 Å². The Morgan fingerprint density at radius 1 is 1.22 bits per heavy atom. The SMILES string of the molecule is O=C(NCc1ccccc1)NC1(C(=O)O)CCC1. The third-order valence-electron chi connectivity index (χ3n) is 3.27. The Morgan fingerprint density at radius 3 is 2.39 bits per heavy atom. The van der Waals surface area contributed by atoms with Crippen molar-refractivity contribution in [2.24, 2.45) is 0 Å². The summed E-state index contributed by atoms with van der Waals surface area (Å²) in [6.07, 6.45) is 1.84. The summed E-state index contributed by atoms with van der Waals surface area (Å²) in [6, 6.07) is 9.05. The molecule has 1 saturated carbocycles. The van der Waals surface area contributed by atoms with E-state index in [1.165, 1.54) is 0 Å². The van der Waals surface area contributed by atoms with Crippen LogP contribution in [0, 0.1) is 0 Å². The lowest BCUT2D eigenvalue weighted by atomic mass is 9.77. The van der Waals surface area contributed by atoms with E-state index in [2.05, 4.69) is 10.6 Å². The number of nitrogens with one attached hydrogen (secondary N) is 2. The first-order valence-corrected chi connectivity index (χ1v) is 5.96. The third-order valence-corrected chi connectivity index (χ3v) is 3.27. The predicted octanol–water partition coefficient (Wildman–Crippen LogP) is 1.49. The lowest BCUT2D eigenvalue weighted by molar-refractivity contribution is -0.148. The average molecular weight is 248 g/mol. The number of carboxylic acids is 1. The fourth-order valence-electron chi connectivity index (χ4n) is 1.96. The zero-order valence-corrected chi connectivity index (χ0v) is 9.98. The van der Waals surface area contributed by atoms with Crippen molar-refractivity contribution in [3.05, 3.63) is 35.9 Å². The van der Waals surface area contributed by atoms with Crippen molar-refractivity contribution in [1.29, 1.82) is 0 Å². The molecule has 3 N–H and O–H groups in total. The smallest absolute Gasteiger partial charge is 0.329 e. The number of hydrogen-bond donors (Lipinski definition) is 3. The van der Waals surface area contributed by atoms with E-state index in [-0.39, 0.29) is 0 Å². The molecule has 1 aliphatic rings. The maximum absolute atomic E-state index is 11.6. The van der Waals surface area contributed by atoms with Gasteiger partial charge in [-0.25, -0.2) is 9.59 Å². The quantitative estimate of drug-likeness (QED) is 0.755. The molecule has 1 aromatic carbocycles. The second kappa shape index (κ2) is 5.08. The zero-order chi connectivity index (χ0) is 13.0. The Balaban J connectivity index is 1.84. The third kappa shape index (κ3) is 2.61. The van der Waals surface area contributed by atoms with E-state index in [4.69, 9.17) is 5.11 Å². The minimum atomic E-state index is -1.05. The summed E-state index contributed by atoms with van der Waals surface area (Å²) in [5.74, 6) is -0.955. The van der Waals surface area contributed by atoms with E-state index < -0.39 is 17.5 Å². The van der Waals surface area contributed by atoms with Crippen LogP contribution in [0.3, 0.4) is 0 Å². The lowest BCUT2D eigenvalue weighted by Gasteiger charge is -2.38. The number of urea groups is 1. The molecule has 0 unspecified atom stereocenters. The second-order valence-corrected chi connectivity index (χ2v) is 4.53. The van der Waals surface area contributed by atoms with Gasteiger partial charge in [0.2, 0.25) is 0 Å². The molecule has 0 atom stereocenters. The summed E-state index contributed by atoms with van der Waals surface area (Å²) >= 11 is 0. The van der Waals surface area contributed by atoms with E-state index >= 15 is 0 Å². The number of benzene rings is 1. The largest absolute Gasteiger partial charge is 0.480 e. The number of aliphatic carboxylic acids is 1. The highest BCUT2D eigenvalue weighted by atomic mass is 16.4. The molecule has 0 aliphatic heterocycles. The van der Waals surface area contributed by atoms with Crippen LogP contribution in [0.15, 0.2) is 30.3 Å². The molecule has 2 amide bonds. The van der Waals surface area contributed by atoms with E-state index in [0.717, 1.165) is 12.0 Å². The number of carbonyl (C=O) groups excluding carboxylic acids is 1. The van der Waals surface area contributed by atoms with Gasteiger partial charge in [0.05, 0.1) is 0 Å². The van der Waals surface area contributed by atoms with Crippen LogP contribution in [0.4, 0.5) is 4.79 Å². The molecule has 0 saturated heterocycles. The number of hydrogen-bond acceptors (Lipinski definition) is 2. The second-order valence-electron chi connectivity index (χ2n) is 4.53. The fraction of sp³-hybridized carbons (Fsp3) is 0.385. The van der Waals surface area contributed by atoms with Crippen molar-refractivity contribution < 1.29 is 14.7 Å². The van der Waals surface area contributed by atoms with Gasteiger partial charge in [-0.3, -0.25) is 0 Å². The van der Waals surface area contributed by atoms with Crippen molar-refractivity contribution in [3.63, 3.8) is 0 Å². The first-order valence-electron chi connectivity index (χ1n) is 5.96. The molecule has 1 aromatic rings. The highest BCUT2D eigenvalue weighted by molar-refractivity contribution is 5.87. The standard InChI is InChI=1S/C13H16N2O3/c16-11(17)13(7-4-8-13)15-12(18)14-9-10-5-2-1-3-6-10/h1-3,5-6H,4,7-9H2,(H,16,17)(H2,14,15,18). The van der Waals surface area contributed by atoms with E-state index in [1.54, 1.807) is 0 Å². The Hall–Kier alpha value is -2.04. The summed E-state index contributed by atoms with van der Waals surface area (Å²) in [7, 11) is 0. The monoisotopic (exact) mass is 248 g/mol. The molecule has 5 nitrogen and oxygen atoms in total. The topological polar surface area (TPSA) is 78.4 Å². The molecule has 0 aromatic heterocycles. The highest BCUT2D eigenvalue weighted by Gasteiger charge is 2.45. The van der Waals surface area contributed by atoms with Gasteiger partial charge in [-0.15, -0.1) is 0 Å². The van der Waals surface area contributed by atoms with Crippen molar-refractivity contribution in [1.82, 2.24) is 10.6 Å². The molecular formula is C13H16N2O3. The van der Waals surface area contributed by atoms with Gasteiger partial charge in [0, 0.05) is 6.54 Å². The fourth-order valence-corrected chi connectivity index (χ4v) is 1.96. The van der Waals surface area contributed by atoms with Crippen LogP contribution in [-0.4, -0.2) is 22.6 Å². The van der Waals surface area contributed by atoms with Crippen molar-refractivity contribution in [2.75, 3.05) is 0 Å². The molecule has 96 valence electrons. The molecule has 1 aliphatic carbocycles. The first-order chi connectivity index (χ1) is 8.62. The van der Waals surface area contributed by atoms with Crippen LogP contribution >= 0.6 is 0 Å². The van der Waals surface area contributed by atoms with Crippen LogP contribution in [-0.2, 0) is 11.3 Å². The van der Waals surface area contributed by atoms with Gasteiger partial charge < -0.3 is 15.7 Å². The van der Waals surface area contributed by atoms with Crippen LogP contribution in [0.25, 0.3) is 0 Å². The van der Waals surface area contributed by atoms with Crippen molar-refractivity contribution in [2.45, 2.75) is 31.3 Å². The van der Waals surface area contributed by atoms with Gasteiger partial charge in [-0.2, -0.15) is 0 Å². The van der Waals surface area contributed by atoms with Crippen molar-refractivity contribution >= 4 is 12.0 Å². The number of rotatable bonds is 4. The molecule has 18 heavy (non-hydrogen) atoms. The molecule has 0 spiro atoms.